The molecular formula is C18H17N5O. The third-order valence-corrected chi connectivity index (χ3v) is 4.20. The van der Waals surface area contributed by atoms with Crippen molar-refractivity contribution in [3.8, 4) is 0 Å². The highest BCUT2D eigenvalue weighted by atomic mass is 16.1. The van der Waals surface area contributed by atoms with E-state index in [4.69, 9.17) is 0 Å². The molecule has 1 aliphatic heterocycles. The highest BCUT2D eigenvalue weighted by molar-refractivity contribution is 6.04. The van der Waals surface area contributed by atoms with Crippen molar-refractivity contribution in [2.24, 2.45) is 0 Å². The quantitative estimate of drug-likeness (QED) is 0.802. The van der Waals surface area contributed by atoms with Crippen molar-refractivity contribution < 1.29 is 4.79 Å². The molecule has 0 radical (unpaired) electrons. The molecule has 3 heterocycles. The molecule has 0 saturated heterocycles. The molecule has 2 aromatic heterocycles. The Morgan fingerprint density at radius 3 is 2.67 bits per heavy atom. The number of benzene rings is 1. The van der Waals surface area contributed by atoms with Gasteiger partial charge >= 0.3 is 0 Å². The average molecular weight is 319 g/mol. The van der Waals surface area contributed by atoms with Crippen molar-refractivity contribution in [1.82, 2.24) is 19.7 Å². The van der Waals surface area contributed by atoms with Crippen LogP contribution in [-0.4, -0.2) is 25.7 Å². The Hall–Kier alpha value is -3.02. The number of amides is 1. The van der Waals surface area contributed by atoms with Gasteiger partial charge in [0, 0.05) is 43.0 Å². The van der Waals surface area contributed by atoms with Crippen LogP contribution in [0.5, 0.6) is 0 Å². The second-order valence-electron chi connectivity index (χ2n) is 5.85. The van der Waals surface area contributed by atoms with Crippen LogP contribution >= 0.6 is 0 Å². The normalized spacial score (nSPS) is 12.8. The highest BCUT2D eigenvalue weighted by Gasteiger charge is 2.17. The number of hydrogen-bond acceptors (Lipinski definition) is 4. The summed E-state index contributed by atoms with van der Waals surface area (Å²) < 4.78 is 2.21. The van der Waals surface area contributed by atoms with Crippen molar-refractivity contribution in [1.29, 1.82) is 0 Å². The van der Waals surface area contributed by atoms with Gasteiger partial charge in [-0.15, -0.1) is 10.2 Å². The van der Waals surface area contributed by atoms with Crippen molar-refractivity contribution in [2.45, 2.75) is 25.8 Å². The number of rotatable bonds is 4. The summed E-state index contributed by atoms with van der Waals surface area (Å²) in [6.07, 6.45) is 6.14. The molecule has 120 valence electrons. The monoisotopic (exact) mass is 319 g/mol. The van der Waals surface area contributed by atoms with Gasteiger partial charge in [-0.25, -0.2) is 0 Å². The Bertz CT molecular complexity index is 855. The number of nitrogens with one attached hydrogen (secondary N) is 1. The summed E-state index contributed by atoms with van der Waals surface area (Å²) >= 11 is 0. The first-order chi connectivity index (χ1) is 11.8. The molecule has 6 nitrogen and oxygen atoms in total. The average Bonchev–Trinajstić information content (AvgIpc) is 3.22. The van der Waals surface area contributed by atoms with Gasteiger partial charge in [-0.05, 0) is 36.2 Å². The number of anilines is 1. The minimum absolute atomic E-state index is 0.138. The van der Waals surface area contributed by atoms with E-state index in [0.29, 0.717) is 5.56 Å². The summed E-state index contributed by atoms with van der Waals surface area (Å²) in [4.78, 5) is 16.0. The highest BCUT2D eigenvalue weighted by Crippen LogP contribution is 2.18. The standard InChI is InChI=1S/C18H17N5O/c24-18(14-7-9-19-10-8-14)20-15-5-3-13(4-6-15)12-17-22-21-16-2-1-11-23(16)17/h3-10H,1-2,11-12H2,(H,20,24). The summed E-state index contributed by atoms with van der Waals surface area (Å²) in [5.74, 6) is 1.96. The lowest BCUT2D eigenvalue weighted by Crippen LogP contribution is -2.11. The molecule has 0 atom stereocenters. The number of aryl methyl sites for hydroxylation is 1. The third-order valence-electron chi connectivity index (χ3n) is 4.20. The maximum Gasteiger partial charge on any atom is 0.255 e. The Kier molecular flexibility index (Phi) is 3.78. The van der Waals surface area contributed by atoms with E-state index in [0.717, 1.165) is 48.7 Å². The van der Waals surface area contributed by atoms with Gasteiger partial charge in [0.05, 0.1) is 0 Å². The lowest BCUT2D eigenvalue weighted by molar-refractivity contribution is 0.102. The zero-order valence-electron chi connectivity index (χ0n) is 13.1. The molecule has 24 heavy (non-hydrogen) atoms. The Balaban J connectivity index is 1.44. The van der Waals surface area contributed by atoms with Gasteiger partial charge in [0.25, 0.3) is 5.91 Å². The summed E-state index contributed by atoms with van der Waals surface area (Å²) in [5, 5.41) is 11.4. The summed E-state index contributed by atoms with van der Waals surface area (Å²) in [5.41, 5.74) is 2.51. The lowest BCUT2D eigenvalue weighted by atomic mass is 10.1. The van der Waals surface area contributed by atoms with E-state index in [1.807, 2.05) is 24.3 Å². The minimum atomic E-state index is -0.138. The zero-order valence-corrected chi connectivity index (χ0v) is 13.1. The maximum absolute atomic E-state index is 12.1. The van der Waals surface area contributed by atoms with Gasteiger partial charge in [-0.2, -0.15) is 0 Å². The molecular weight excluding hydrogens is 302 g/mol. The van der Waals surface area contributed by atoms with E-state index in [1.54, 1.807) is 24.5 Å². The Morgan fingerprint density at radius 2 is 1.88 bits per heavy atom. The number of hydrogen-bond donors (Lipinski definition) is 1. The molecule has 0 unspecified atom stereocenters. The molecule has 0 bridgehead atoms. The van der Waals surface area contributed by atoms with Crippen LogP contribution in [0.1, 0.15) is 34.0 Å². The van der Waals surface area contributed by atoms with Crippen LogP contribution < -0.4 is 5.32 Å². The van der Waals surface area contributed by atoms with Crippen LogP contribution in [0.25, 0.3) is 0 Å². The van der Waals surface area contributed by atoms with Crippen LogP contribution in [0.2, 0.25) is 0 Å². The number of carbonyl (C=O) groups excluding carboxylic acids is 1. The van der Waals surface area contributed by atoms with Gasteiger partial charge in [-0.1, -0.05) is 12.1 Å². The van der Waals surface area contributed by atoms with Crippen molar-refractivity contribution in [3.05, 3.63) is 71.6 Å². The largest absolute Gasteiger partial charge is 0.322 e. The summed E-state index contributed by atoms with van der Waals surface area (Å²) in [6, 6.07) is 11.2. The van der Waals surface area contributed by atoms with Crippen molar-refractivity contribution in [3.63, 3.8) is 0 Å². The van der Waals surface area contributed by atoms with E-state index in [1.165, 1.54) is 0 Å². The fraction of sp³-hybridized carbons (Fsp3) is 0.222. The van der Waals surface area contributed by atoms with Gasteiger partial charge < -0.3 is 9.88 Å². The number of carbonyl (C=O) groups is 1. The van der Waals surface area contributed by atoms with Crippen molar-refractivity contribution >= 4 is 11.6 Å². The van der Waals surface area contributed by atoms with Crippen LogP contribution in [-0.2, 0) is 19.4 Å². The molecule has 6 heteroatoms. The zero-order chi connectivity index (χ0) is 16.4. The summed E-state index contributed by atoms with van der Waals surface area (Å²) in [6.45, 7) is 1.01. The van der Waals surface area contributed by atoms with Gasteiger partial charge in [0.2, 0.25) is 0 Å². The number of pyridine rings is 1. The molecule has 0 spiro atoms. The fourth-order valence-corrected chi connectivity index (χ4v) is 2.94. The van der Waals surface area contributed by atoms with E-state index in [2.05, 4.69) is 25.1 Å². The molecule has 4 rings (SSSR count). The van der Waals surface area contributed by atoms with Gasteiger partial charge in [0.1, 0.15) is 11.6 Å². The predicted molar refractivity (Wildman–Crippen MR) is 89.8 cm³/mol. The Morgan fingerprint density at radius 1 is 1.08 bits per heavy atom. The Labute approximate surface area is 139 Å². The number of fused-ring (bicyclic) bond motifs is 1. The third kappa shape index (κ3) is 2.90. The van der Waals surface area contributed by atoms with Crippen LogP contribution in [0.3, 0.4) is 0 Å². The SMILES string of the molecule is O=C(Nc1ccc(Cc2nnc3n2CCC3)cc1)c1ccncc1. The van der Waals surface area contributed by atoms with E-state index >= 15 is 0 Å². The minimum Gasteiger partial charge on any atom is -0.322 e. The maximum atomic E-state index is 12.1. The second kappa shape index (κ2) is 6.23. The molecule has 1 amide bonds. The predicted octanol–water partition coefficient (Wildman–Crippen LogP) is 2.46. The molecule has 0 fully saturated rings. The second-order valence-corrected chi connectivity index (χ2v) is 5.85. The molecule has 1 aromatic carbocycles. The van der Waals surface area contributed by atoms with Crippen molar-refractivity contribution in [2.75, 3.05) is 5.32 Å². The number of nitrogens with zero attached hydrogens (tertiary/aromatic N) is 4. The first-order valence-electron chi connectivity index (χ1n) is 8.01. The molecule has 0 saturated carbocycles. The fourth-order valence-electron chi connectivity index (χ4n) is 2.94. The van der Waals surface area contributed by atoms with Crippen LogP contribution in [0.4, 0.5) is 5.69 Å². The topological polar surface area (TPSA) is 72.7 Å². The molecule has 0 aliphatic carbocycles. The van der Waals surface area contributed by atoms with Crippen LogP contribution in [0.15, 0.2) is 48.8 Å². The van der Waals surface area contributed by atoms with E-state index < -0.39 is 0 Å². The lowest BCUT2D eigenvalue weighted by Gasteiger charge is -2.07. The first-order valence-corrected chi connectivity index (χ1v) is 8.01. The molecule has 1 aliphatic rings. The van der Waals surface area contributed by atoms with Crippen LogP contribution in [0, 0.1) is 0 Å². The summed E-state index contributed by atoms with van der Waals surface area (Å²) in [7, 11) is 0. The smallest absolute Gasteiger partial charge is 0.255 e. The molecule has 1 N–H and O–H groups in total. The van der Waals surface area contributed by atoms with E-state index in [9.17, 15) is 4.79 Å². The van der Waals surface area contributed by atoms with E-state index in [-0.39, 0.29) is 5.91 Å². The first kappa shape index (κ1) is 14.6. The molecule has 3 aromatic rings. The number of aromatic nitrogens is 4. The van der Waals surface area contributed by atoms with Gasteiger partial charge in [0.15, 0.2) is 0 Å². The van der Waals surface area contributed by atoms with Gasteiger partial charge in [-0.3, -0.25) is 9.78 Å².